The highest BCUT2D eigenvalue weighted by atomic mass is 16.5. The molecule has 5 heteroatoms. The van der Waals surface area contributed by atoms with E-state index < -0.39 is 0 Å². The fourth-order valence-electron chi connectivity index (χ4n) is 1.40. The second-order valence-corrected chi connectivity index (χ2v) is 3.70. The van der Waals surface area contributed by atoms with Crippen molar-refractivity contribution >= 4 is 6.29 Å². The Balaban J connectivity index is 2.07. The Kier molecular flexibility index (Phi) is 3.18. The normalized spacial score (nSPS) is 10.2. The van der Waals surface area contributed by atoms with Crippen LogP contribution in [0.5, 0.6) is 5.75 Å². The van der Waals surface area contributed by atoms with Gasteiger partial charge in [0, 0.05) is 12.6 Å². The molecule has 1 aromatic carbocycles. The van der Waals surface area contributed by atoms with Crippen molar-refractivity contribution in [1.82, 2.24) is 14.8 Å². The molecule has 0 aliphatic heterocycles. The Labute approximate surface area is 99.1 Å². The Morgan fingerprint density at radius 2 is 2.24 bits per heavy atom. The highest BCUT2D eigenvalue weighted by Crippen LogP contribution is 2.13. The molecule has 5 nitrogen and oxygen atoms in total. The summed E-state index contributed by atoms with van der Waals surface area (Å²) in [6, 6.07) is 7.00. The van der Waals surface area contributed by atoms with Crippen LogP contribution < -0.4 is 4.74 Å². The summed E-state index contributed by atoms with van der Waals surface area (Å²) in [6.07, 6.45) is 0.791. The van der Waals surface area contributed by atoms with Crippen molar-refractivity contribution in [3.63, 3.8) is 0 Å². The lowest BCUT2D eigenvalue weighted by molar-refractivity contribution is 0.112. The second kappa shape index (κ2) is 4.78. The van der Waals surface area contributed by atoms with Gasteiger partial charge in [-0.2, -0.15) is 0 Å². The maximum Gasteiger partial charge on any atom is 0.170 e. The minimum Gasteiger partial charge on any atom is -0.486 e. The fraction of sp³-hybridized carbons (Fsp3) is 0.250. The Bertz CT molecular complexity index is 534. The Hall–Kier alpha value is -2.17. The van der Waals surface area contributed by atoms with Crippen LogP contribution in [0.2, 0.25) is 0 Å². The Morgan fingerprint density at radius 1 is 1.41 bits per heavy atom. The zero-order valence-electron chi connectivity index (χ0n) is 9.75. The number of carbonyl (C=O) groups is 1. The molecule has 0 saturated carbocycles. The van der Waals surface area contributed by atoms with Crippen LogP contribution >= 0.6 is 0 Å². The molecule has 0 radical (unpaired) electrons. The Morgan fingerprint density at radius 3 is 2.88 bits per heavy atom. The lowest BCUT2D eigenvalue weighted by Gasteiger charge is -2.06. The fourth-order valence-corrected chi connectivity index (χ4v) is 1.40. The molecule has 0 amide bonds. The van der Waals surface area contributed by atoms with Gasteiger partial charge < -0.3 is 9.30 Å². The van der Waals surface area contributed by atoms with E-state index in [1.807, 2.05) is 18.5 Å². The maximum absolute atomic E-state index is 10.6. The number of hydrogen-bond acceptors (Lipinski definition) is 4. The summed E-state index contributed by atoms with van der Waals surface area (Å²) in [5.41, 5.74) is 0.594. The van der Waals surface area contributed by atoms with E-state index >= 15 is 0 Å². The molecule has 0 saturated heterocycles. The first-order chi connectivity index (χ1) is 8.20. The van der Waals surface area contributed by atoms with Gasteiger partial charge in [0.25, 0.3) is 0 Å². The molecule has 0 atom stereocenters. The predicted molar refractivity (Wildman–Crippen MR) is 61.9 cm³/mol. The van der Waals surface area contributed by atoms with Crippen molar-refractivity contribution in [2.24, 2.45) is 7.05 Å². The van der Waals surface area contributed by atoms with E-state index in [4.69, 9.17) is 4.74 Å². The van der Waals surface area contributed by atoms with Gasteiger partial charge in [-0.3, -0.25) is 4.79 Å². The van der Waals surface area contributed by atoms with E-state index in [0.29, 0.717) is 17.9 Å². The SMILES string of the molecule is Cc1nnc(COc2cccc(C=O)c2)n1C. The lowest BCUT2D eigenvalue weighted by atomic mass is 10.2. The molecule has 0 unspecified atom stereocenters. The minimum atomic E-state index is 0.333. The number of aromatic nitrogens is 3. The van der Waals surface area contributed by atoms with Gasteiger partial charge in [-0.05, 0) is 19.1 Å². The van der Waals surface area contributed by atoms with Gasteiger partial charge in [0.15, 0.2) is 5.82 Å². The van der Waals surface area contributed by atoms with Crippen LogP contribution in [-0.2, 0) is 13.7 Å². The molecule has 0 N–H and O–H groups in total. The van der Waals surface area contributed by atoms with Crippen molar-refractivity contribution < 1.29 is 9.53 Å². The minimum absolute atomic E-state index is 0.333. The molecule has 1 heterocycles. The van der Waals surface area contributed by atoms with Crippen molar-refractivity contribution in [1.29, 1.82) is 0 Å². The van der Waals surface area contributed by atoms with Crippen LogP contribution in [0, 0.1) is 6.92 Å². The third-order valence-corrected chi connectivity index (χ3v) is 2.54. The van der Waals surface area contributed by atoms with E-state index in [-0.39, 0.29) is 0 Å². The van der Waals surface area contributed by atoms with Crippen LogP contribution in [0.4, 0.5) is 0 Å². The van der Waals surface area contributed by atoms with Crippen LogP contribution in [-0.4, -0.2) is 21.1 Å². The number of ether oxygens (including phenoxy) is 1. The van der Waals surface area contributed by atoms with Gasteiger partial charge in [0.1, 0.15) is 24.5 Å². The molecule has 17 heavy (non-hydrogen) atoms. The molecule has 1 aromatic heterocycles. The summed E-state index contributed by atoms with van der Waals surface area (Å²) < 4.78 is 7.41. The van der Waals surface area contributed by atoms with Crippen LogP contribution in [0.15, 0.2) is 24.3 Å². The maximum atomic E-state index is 10.6. The largest absolute Gasteiger partial charge is 0.486 e. The molecule has 88 valence electrons. The van der Waals surface area contributed by atoms with E-state index in [1.165, 1.54) is 0 Å². The van der Waals surface area contributed by atoms with Crippen LogP contribution in [0.1, 0.15) is 22.0 Å². The second-order valence-electron chi connectivity index (χ2n) is 3.70. The van der Waals surface area contributed by atoms with Crippen LogP contribution in [0.3, 0.4) is 0 Å². The summed E-state index contributed by atoms with van der Waals surface area (Å²) in [4.78, 5) is 10.6. The molecular formula is C12H13N3O2. The molecule has 0 bridgehead atoms. The van der Waals surface area contributed by atoms with Crippen molar-refractivity contribution in [2.45, 2.75) is 13.5 Å². The average molecular weight is 231 g/mol. The van der Waals surface area contributed by atoms with Gasteiger partial charge in [0.2, 0.25) is 0 Å². The lowest BCUT2D eigenvalue weighted by Crippen LogP contribution is -2.04. The molecule has 2 aromatic rings. The van der Waals surface area contributed by atoms with E-state index in [2.05, 4.69) is 10.2 Å². The topological polar surface area (TPSA) is 57.0 Å². The van der Waals surface area contributed by atoms with Crippen molar-refractivity contribution in [3.05, 3.63) is 41.5 Å². The third-order valence-electron chi connectivity index (χ3n) is 2.54. The summed E-state index contributed by atoms with van der Waals surface area (Å²) in [5, 5.41) is 7.93. The first-order valence-electron chi connectivity index (χ1n) is 5.23. The van der Waals surface area contributed by atoms with Gasteiger partial charge in [0.05, 0.1) is 0 Å². The van der Waals surface area contributed by atoms with Crippen molar-refractivity contribution in [2.75, 3.05) is 0 Å². The number of benzene rings is 1. The molecule has 0 aliphatic rings. The quantitative estimate of drug-likeness (QED) is 0.748. The van der Waals surface area contributed by atoms with Gasteiger partial charge >= 0.3 is 0 Å². The number of rotatable bonds is 4. The highest BCUT2D eigenvalue weighted by Gasteiger charge is 2.05. The standard InChI is InChI=1S/C12H13N3O2/c1-9-13-14-12(15(9)2)8-17-11-5-3-4-10(6-11)7-16/h3-7H,8H2,1-2H3. The first-order valence-corrected chi connectivity index (χ1v) is 5.23. The zero-order valence-corrected chi connectivity index (χ0v) is 9.75. The number of aldehydes is 1. The predicted octanol–water partition coefficient (Wildman–Crippen LogP) is 1.52. The van der Waals surface area contributed by atoms with Crippen molar-refractivity contribution in [3.8, 4) is 5.75 Å². The van der Waals surface area contributed by atoms with Gasteiger partial charge in [-0.25, -0.2) is 0 Å². The summed E-state index contributed by atoms with van der Waals surface area (Å²) >= 11 is 0. The number of aryl methyl sites for hydroxylation is 1. The smallest absolute Gasteiger partial charge is 0.170 e. The number of nitrogens with zero attached hydrogens (tertiary/aromatic N) is 3. The highest BCUT2D eigenvalue weighted by molar-refractivity contribution is 5.75. The molecule has 0 aliphatic carbocycles. The molecule has 0 fully saturated rings. The first kappa shape index (κ1) is 11.3. The molecule has 2 rings (SSSR count). The third kappa shape index (κ3) is 2.50. The van der Waals surface area contributed by atoms with E-state index in [1.54, 1.807) is 24.3 Å². The van der Waals surface area contributed by atoms with E-state index in [9.17, 15) is 4.79 Å². The molecular weight excluding hydrogens is 218 g/mol. The summed E-state index contributed by atoms with van der Waals surface area (Å²) in [7, 11) is 1.88. The number of hydrogen-bond donors (Lipinski definition) is 0. The van der Waals surface area contributed by atoms with Gasteiger partial charge in [-0.1, -0.05) is 12.1 Å². The average Bonchev–Trinajstić information content (AvgIpc) is 2.68. The summed E-state index contributed by atoms with van der Waals surface area (Å²) in [5.74, 6) is 2.24. The van der Waals surface area contributed by atoms with Gasteiger partial charge in [-0.15, -0.1) is 10.2 Å². The molecule has 0 spiro atoms. The van der Waals surface area contributed by atoms with E-state index in [0.717, 1.165) is 17.9 Å². The zero-order chi connectivity index (χ0) is 12.3. The summed E-state index contributed by atoms with van der Waals surface area (Å²) in [6.45, 7) is 2.21. The number of carbonyl (C=O) groups excluding carboxylic acids is 1. The monoisotopic (exact) mass is 231 g/mol. The van der Waals surface area contributed by atoms with Crippen LogP contribution in [0.25, 0.3) is 0 Å².